The number of imidazole rings is 1. The SMILES string of the molecule is CCC(OC(=O)c1ccc(-c2ncc[nH]2)cc1)C(=O)Nc1ccc(S(=O)(=O)Nc2ccc(Cl)nn2)cc1. The lowest BCUT2D eigenvalue weighted by Gasteiger charge is -2.16. The number of nitrogens with zero attached hydrogens (tertiary/aromatic N) is 3. The zero-order valence-corrected chi connectivity index (χ0v) is 21.0. The van der Waals surface area contributed by atoms with Crippen molar-refractivity contribution in [3.63, 3.8) is 0 Å². The summed E-state index contributed by atoms with van der Waals surface area (Å²) in [5.41, 5.74) is 1.41. The summed E-state index contributed by atoms with van der Waals surface area (Å²) >= 11 is 5.66. The molecule has 2 heterocycles. The summed E-state index contributed by atoms with van der Waals surface area (Å²) in [6.07, 6.45) is 2.51. The van der Waals surface area contributed by atoms with E-state index in [2.05, 4.69) is 30.2 Å². The van der Waals surface area contributed by atoms with E-state index < -0.39 is 28.0 Å². The summed E-state index contributed by atoms with van der Waals surface area (Å²) in [6.45, 7) is 1.71. The summed E-state index contributed by atoms with van der Waals surface area (Å²) < 4.78 is 32.8. The molecule has 11 nitrogen and oxygen atoms in total. The van der Waals surface area contributed by atoms with E-state index in [1.807, 2.05) is 0 Å². The Morgan fingerprint density at radius 2 is 1.76 bits per heavy atom. The van der Waals surface area contributed by atoms with E-state index in [-0.39, 0.29) is 27.9 Å². The number of nitrogens with one attached hydrogen (secondary N) is 3. The van der Waals surface area contributed by atoms with Gasteiger partial charge in [0.1, 0.15) is 5.82 Å². The third-order valence-corrected chi connectivity index (χ3v) is 6.68. The Balaban J connectivity index is 1.36. The third kappa shape index (κ3) is 6.48. The first kappa shape index (κ1) is 25.8. The molecule has 0 aliphatic carbocycles. The Morgan fingerprint density at radius 1 is 1.03 bits per heavy atom. The zero-order valence-electron chi connectivity index (χ0n) is 19.4. The van der Waals surface area contributed by atoms with Crippen LogP contribution in [0.4, 0.5) is 11.5 Å². The van der Waals surface area contributed by atoms with Crippen LogP contribution in [0.2, 0.25) is 5.15 Å². The molecule has 2 aromatic heterocycles. The fourth-order valence-electron chi connectivity index (χ4n) is 3.21. The molecule has 4 aromatic rings. The summed E-state index contributed by atoms with van der Waals surface area (Å²) in [5, 5.41) is 10.0. The van der Waals surface area contributed by atoms with Gasteiger partial charge in [-0.15, -0.1) is 10.2 Å². The molecule has 1 atom stereocenters. The molecule has 0 bridgehead atoms. The summed E-state index contributed by atoms with van der Waals surface area (Å²) in [6, 6.07) is 14.9. The highest BCUT2D eigenvalue weighted by Gasteiger charge is 2.23. The predicted molar refractivity (Wildman–Crippen MR) is 136 cm³/mol. The molecule has 0 aliphatic heterocycles. The van der Waals surface area contributed by atoms with E-state index in [9.17, 15) is 18.0 Å². The van der Waals surface area contributed by atoms with Crippen LogP contribution in [0.1, 0.15) is 23.7 Å². The van der Waals surface area contributed by atoms with Gasteiger partial charge in [-0.05, 0) is 55.0 Å². The Morgan fingerprint density at radius 3 is 2.35 bits per heavy atom. The first-order chi connectivity index (χ1) is 17.7. The molecule has 0 saturated carbocycles. The van der Waals surface area contributed by atoms with Gasteiger partial charge in [0.05, 0.1) is 10.5 Å². The molecule has 0 aliphatic rings. The Bertz CT molecular complexity index is 1480. The van der Waals surface area contributed by atoms with E-state index in [4.69, 9.17) is 16.3 Å². The molecule has 1 unspecified atom stereocenters. The van der Waals surface area contributed by atoms with Gasteiger partial charge in [0.25, 0.3) is 15.9 Å². The second kappa shape index (κ2) is 11.2. The quantitative estimate of drug-likeness (QED) is 0.270. The van der Waals surface area contributed by atoms with Crippen molar-refractivity contribution in [1.29, 1.82) is 0 Å². The Hall–Kier alpha value is -4.29. The van der Waals surface area contributed by atoms with Gasteiger partial charge in [0.15, 0.2) is 17.1 Å². The minimum Gasteiger partial charge on any atom is -0.449 e. The Kier molecular flexibility index (Phi) is 7.80. The normalized spacial score (nSPS) is 11.9. The summed E-state index contributed by atoms with van der Waals surface area (Å²) in [4.78, 5) is 32.4. The lowest BCUT2D eigenvalue weighted by molar-refractivity contribution is -0.124. The molecule has 1 amide bonds. The van der Waals surface area contributed by atoms with E-state index >= 15 is 0 Å². The molecule has 0 fully saturated rings. The molecule has 4 rings (SSSR count). The number of sulfonamides is 1. The first-order valence-electron chi connectivity index (χ1n) is 11.0. The van der Waals surface area contributed by atoms with Gasteiger partial charge in [-0.3, -0.25) is 9.52 Å². The van der Waals surface area contributed by atoms with Crippen molar-refractivity contribution < 1.29 is 22.7 Å². The number of esters is 1. The van der Waals surface area contributed by atoms with Gasteiger partial charge >= 0.3 is 5.97 Å². The van der Waals surface area contributed by atoms with Gasteiger partial charge < -0.3 is 15.0 Å². The van der Waals surface area contributed by atoms with Crippen molar-refractivity contribution in [2.75, 3.05) is 10.0 Å². The number of amides is 1. The van der Waals surface area contributed by atoms with E-state index in [1.165, 1.54) is 36.4 Å². The molecule has 190 valence electrons. The number of ether oxygens (including phenoxy) is 1. The van der Waals surface area contributed by atoms with Crippen molar-refractivity contribution in [3.8, 4) is 11.4 Å². The first-order valence-corrected chi connectivity index (χ1v) is 12.8. The fourth-order valence-corrected chi connectivity index (χ4v) is 4.31. The molecular weight excluding hydrogens is 520 g/mol. The highest BCUT2D eigenvalue weighted by molar-refractivity contribution is 7.92. The maximum Gasteiger partial charge on any atom is 0.338 e. The fraction of sp³-hybridized carbons (Fsp3) is 0.125. The van der Waals surface area contributed by atoms with Crippen LogP contribution >= 0.6 is 11.6 Å². The Labute approximate surface area is 217 Å². The molecule has 2 aromatic carbocycles. The van der Waals surface area contributed by atoms with Gasteiger partial charge in [-0.1, -0.05) is 30.7 Å². The topological polar surface area (TPSA) is 156 Å². The average Bonchev–Trinajstić information content (AvgIpc) is 3.44. The zero-order chi connectivity index (χ0) is 26.4. The predicted octanol–water partition coefficient (Wildman–Crippen LogP) is 3.90. The maximum absolute atomic E-state index is 12.7. The molecule has 0 saturated heterocycles. The van der Waals surface area contributed by atoms with Gasteiger partial charge in [-0.2, -0.15) is 0 Å². The largest absolute Gasteiger partial charge is 0.449 e. The molecule has 0 radical (unpaired) electrons. The minimum atomic E-state index is -3.94. The van der Waals surface area contributed by atoms with Crippen molar-refractivity contribution in [2.45, 2.75) is 24.3 Å². The standard InChI is InChI=1S/C24H21ClN6O5S/c1-2-19(36-24(33)16-5-3-15(4-6-16)22-26-13-14-27-22)23(32)28-17-7-9-18(10-8-17)37(34,35)31-21-12-11-20(25)29-30-21/h3-14,19H,2H2,1H3,(H,26,27)(H,28,32)(H,30,31). The monoisotopic (exact) mass is 540 g/mol. The number of carbonyl (C=O) groups is 2. The van der Waals surface area contributed by atoms with Crippen molar-refractivity contribution in [3.05, 3.63) is 83.8 Å². The van der Waals surface area contributed by atoms with Crippen LogP contribution in [0.5, 0.6) is 0 Å². The number of hydrogen-bond acceptors (Lipinski definition) is 8. The van der Waals surface area contributed by atoms with E-state index in [1.54, 1.807) is 43.6 Å². The number of anilines is 2. The molecule has 3 N–H and O–H groups in total. The minimum absolute atomic E-state index is 0.00462. The molecular formula is C24H21ClN6O5S. The van der Waals surface area contributed by atoms with Crippen molar-refractivity contribution >= 4 is 45.0 Å². The van der Waals surface area contributed by atoms with Crippen molar-refractivity contribution in [1.82, 2.24) is 20.2 Å². The second-order valence-electron chi connectivity index (χ2n) is 7.68. The smallest absolute Gasteiger partial charge is 0.338 e. The lowest BCUT2D eigenvalue weighted by atomic mass is 10.1. The highest BCUT2D eigenvalue weighted by atomic mass is 35.5. The number of hydrogen-bond donors (Lipinski definition) is 3. The van der Waals surface area contributed by atoms with Crippen LogP contribution < -0.4 is 10.0 Å². The van der Waals surface area contributed by atoms with E-state index in [0.29, 0.717) is 11.5 Å². The van der Waals surface area contributed by atoms with Crippen molar-refractivity contribution in [2.24, 2.45) is 0 Å². The molecule has 13 heteroatoms. The van der Waals surface area contributed by atoms with Crippen LogP contribution in [0.25, 0.3) is 11.4 Å². The third-order valence-electron chi connectivity index (χ3n) is 5.11. The number of rotatable bonds is 9. The second-order valence-corrected chi connectivity index (χ2v) is 9.75. The molecule has 37 heavy (non-hydrogen) atoms. The van der Waals surface area contributed by atoms with Crippen LogP contribution in [0.15, 0.2) is 78.0 Å². The van der Waals surface area contributed by atoms with Gasteiger partial charge in [0.2, 0.25) is 0 Å². The highest BCUT2D eigenvalue weighted by Crippen LogP contribution is 2.19. The van der Waals surface area contributed by atoms with Crippen LogP contribution in [-0.2, 0) is 19.6 Å². The van der Waals surface area contributed by atoms with E-state index in [0.717, 1.165) is 5.56 Å². The van der Waals surface area contributed by atoms with Crippen LogP contribution in [0, 0.1) is 0 Å². The number of carbonyl (C=O) groups excluding carboxylic acids is 2. The summed E-state index contributed by atoms with van der Waals surface area (Å²) in [5.74, 6) is -0.525. The van der Waals surface area contributed by atoms with Crippen LogP contribution in [-0.4, -0.2) is 46.6 Å². The maximum atomic E-state index is 12.7. The van der Waals surface area contributed by atoms with Gasteiger partial charge in [0, 0.05) is 23.6 Å². The van der Waals surface area contributed by atoms with Crippen LogP contribution in [0.3, 0.4) is 0 Å². The molecule has 0 spiro atoms. The average molecular weight is 541 g/mol. The lowest BCUT2D eigenvalue weighted by Crippen LogP contribution is -2.32. The number of H-pyrrole nitrogens is 1. The number of aromatic amines is 1. The number of benzene rings is 2. The number of halogens is 1. The van der Waals surface area contributed by atoms with Gasteiger partial charge in [-0.25, -0.2) is 18.2 Å². The summed E-state index contributed by atoms with van der Waals surface area (Å²) in [7, 11) is -3.94. The number of aromatic nitrogens is 4.